The average molecular weight is 198 g/mol. The summed E-state index contributed by atoms with van der Waals surface area (Å²) in [6.07, 6.45) is 9.98. The Hall–Kier alpha value is -0.790. The molecule has 2 nitrogen and oxygen atoms in total. The molecule has 0 saturated heterocycles. The molecule has 0 aliphatic carbocycles. The molecule has 0 aliphatic heterocycles. The topological polar surface area (TPSA) is 26.3 Å². The molecule has 0 unspecified atom stereocenters. The minimum atomic E-state index is -0.197. The summed E-state index contributed by atoms with van der Waals surface area (Å²) < 4.78 is 5.00. The fourth-order valence-corrected chi connectivity index (χ4v) is 1.07. The molecule has 0 heterocycles. The van der Waals surface area contributed by atoms with Crippen molar-refractivity contribution in [1.29, 1.82) is 0 Å². The minimum absolute atomic E-state index is 0.197. The molecule has 0 rings (SSSR count). The Morgan fingerprint density at radius 2 is 1.86 bits per heavy atom. The molecule has 0 saturated carbocycles. The maximum atomic E-state index is 11.1. The second kappa shape index (κ2) is 10.3. The third kappa shape index (κ3) is 9.30. The lowest BCUT2D eigenvalue weighted by atomic mass is 10.2. The highest BCUT2D eigenvalue weighted by atomic mass is 16.5. The molecule has 14 heavy (non-hydrogen) atoms. The summed E-state index contributed by atoms with van der Waals surface area (Å²) in [6, 6.07) is 0. The average Bonchev–Trinajstić information content (AvgIpc) is 2.19. The number of allylic oxidation sites excluding steroid dienone is 1. The number of unbranched alkanes of at least 4 members (excludes halogenated alkanes) is 4. The van der Waals surface area contributed by atoms with Gasteiger partial charge < -0.3 is 4.74 Å². The lowest BCUT2D eigenvalue weighted by Gasteiger charge is -1.99. The Morgan fingerprint density at radius 1 is 1.14 bits per heavy atom. The van der Waals surface area contributed by atoms with Crippen LogP contribution >= 0.6 is 0 Å². The van der Waals surface area contributed by atoms with Crippen LogP contribution in [0.1, 0.15) is 52.4 Å². The first-order chi connectivity index (χ1) is 6.81. The Balaban J connectivity index is 3.31. The highest BCUT2D eigenvalue weighted by Crippen LogP contribution is 1.97. The van der Waals surface area contributed by atoms with Crippen LogP contribution < -0.4 is 0 Å². The van der Waals surface area contributed by atoms with Crippen molar-refractivity contribution in [3.63, 3.8) is 0 Å². The van der Waals surface area contributed by atoms with Crippen molar-refractivity contribution < 1.29 is 9.53 Å². The van der Waals surface area contributed by atoms with Crippen LogP contribution in [-0.4, -0.2) is 12.6 Å². The van der Waals surface area contributed by atoms with E-state index in [1.165, 1.54) is 0 Å². The van der Waals surface area contributed by atoms with Gasteiger partial charge in [0.05, 0.1) is 6.61 Å². The lowest BCUT2D eigenvalue weighted by molar-refractivity contribution is -0.137. The van der Waals surface area contributed by atoms with E-state index in [1.54, 1.807) is 6.08 Å². The number of hydrogen-bond donors (Lipinski definition) is 0. The van der Waals surface area contributed by atoms with Crippen LogP contribution in [0.25, 0.3) is 0 Å². The summed E-state index contributed by atoms with van der Waals surface area (Å²) in [5.74, 6) is -0.197. The maximum Gasteiger partial charge on any atom is 0.330 e. The Morgan fingerprint density at radius 3 is 2.50 bits per heavy atom. The van der Waals surface area contributed by atoms with Crippen molar-refractivity contribution in [3.05, 3.63) is 12.2 Å². The predicted octanol–water partition coefficient (Wildman–Crippen LogP) is 3.47. The van der Waals surface area contributed by atoms with Gasteiger partial charge in [-0.1, -0.05) is 45.6 Å². The molecule has 0 N–H and O–H groups in total. The number of esters is 1. The van der Waals surface area contributed by atoms with Crippen LogP contribution in [0.5, 0.6) is 0 Å². The van der Waals surface area contributed by atoms with Crippen LogP contribution in [0.2, 0.25) is 0 Å². The summed E-state index contributed by atoms with van der Waals surface area (Å²) in [5.41, 5.74) is 0. The van der Waals surface area contributed by atoms with Crippen molar-refractivity contribution in [1.82, 2.24) is 0 Å². The van der Waals surface area contributed by atoms with E-state index >= 15 is 0 Å². The van der Waals surface area contributed by atoms with Crippen molar-refractivity contribution in [3.8, 4) is 0 Å². The van der Waals surface area contributed by atoms with Crippen LogP contribution in [-0.2, 0) is 9.53 Å². The first-order valence-electron chi connectivity index (χ1n) is 5.64. The van der Waals surface area contributed by atoms with Crippen molar-refractivity contribution in [2.75, 3.05) is 6.61 Å². The molecule has 0 aromatic heterocycles. The molecule has 0 spiro atoms. The number of carbonyl (C=O) groups excluding carboxylic acids is 1. The van der Waals surface area contributed by atoms with E-state index in [-0.39, 0.29) is 5.97 Å². The molecule has 0 atom stereocenters. The van der Waals surface area contributed by atoms with Gasteiger partial charge in [0.15, 0.2) is 0 Å². The highest BCUT2D eigenvalue weighted by molar-refractivity contribution is 5.81. The number of hydrogen-bond acceptors (Lipinski definition) is 2. The Kier molecular flexibility index (Phi) is 9.71. The van der Waals surface area contributed by atoms with Gasteiger partial charge >= 0.3 is 5.97 Å². The van der Waals surface area contributed by atoms with Gasteiger partial charge in [-0.05, 0) is 12.8 Å². The monoisotopic (exact) mass is 198 g/mol. The normalized spacial score (nSPS) is 10.7. The first kappa shape index (κ1) is 13.2. The van der Waals surface area contributed by atoms with E-state index in [2.05, 4.69) is 13.8 Å². The molecule has 0 aromatic rings. The molecule has 0 radical (unpaired) electrons. The fourth-order valence-electron chi connectivity index (χ4n) is 1.07. The molecule has 0 aromatic carbocycles. The van der Waals surface area contributed by atoms with Crippen LogP contribution in [0.3, 0.4) is 0 Å². The molecule has 2 heteroatoms. The molecule has 0 amide bonds. The zero-order valence-corrected chi connectivity index (χ0v) is 9.42. The van der Waals surface area contributed by atoms with Crippen molar-refractivity contribution in [2.24, 2.45) is 0 Å². The van der Waals surface area contributed by atoms with Crippen LogP contribution in [0.15, 0.2) is 12.2 Å². The van der Waals surface area contributed by atoms with Gasteiger partial charge in [0.25, 0.3) is 0 Å². The third-order valence-corrected chi connectivity index (χ3v) is 1.97. The maximum absolute atomic E-state index is 11.1. The quantitative estimate of drug-likeness (QED) is 0.339. The van der Waals surface area contributed by atoms with Gasteiger partial charge in [-0.25, -0.2) is 4.79 Å². The van der Waals surface area contributed by atoms with Crippen LogP contribution in [0, 0.1) is 0 Å². The van der Waals surface area contributed by atoms with Gasteiger partial charge in [-0.3, -0.25) is 0 Å². The van der Waals surface area contributed by atoms with E-state index < -0.39 is 0 Å². The minimum Gasteiger partial charge on any atom is -0.463 e. The zero-order chi connectivity index (χ0) is 10.6. The van der Waals surface area contributed by atoms with Crippen molar-refractivity contribution in [2.45, 2.75) is 52.4 Å². The van der Waals surface area contributed by atoms with E-state index in [0.717, 1.165) is 38.5 Å². The number of ether oxygens (including phenoxy) is 1. The van der Waals surface area contributed by atoms with Gasteiger partial charge in [-0.2, -0.15) is 0 Å². The van der Waals surface area contributed by atoms with Gasteiger partial charge in [0.1, 0.15) is 0 Å². The number of carbonyl (C=O) groups is 1. The van der Waals surface area contributed by atoms with E-state index in [4.69, 9.17) is 4.74 Å². The zero-order valence-electron chi connectivity index (χ0n) is 9.42. The summed E-state index contributed by atoms with van der Waals surface area (Å²) in [6.45, 7) is 4.83. The van der Waals surface area contributed by atoms with Gasteiger partial charge in [-0.15, -0.1) is 0 Å². The second-order valence-corrected chi connectivity index (χ2v) is 3.42. The SMILES string of the molecule is CCCC/C=C/C(=O)OCCCCC. The summed E-state index contributed by atoms with van der Waals surface area (Å²) >= 11 is 0. The van der Waals surface area contributed by atoms with Gasteiger partial charge in [0, 0.05) is 6.08 Å². The van der Waals surface area contributed by atoms with Crippen LogP contribution in [0.4, 0.5) is 0 Å². The van der Waals surface area contributed by atoms with Crippen molar-refractivity contribution >= 4 is 5.97 Å². The molecule has 0 fully saturated rings. The fraction of sp³-hybridized carbons (Fsp3) is 0.750. The predicted molar refractivity (Wildman–Crippen MR) is 59.1 cm³/mol. The first-order valence-corrected chi connectivity index (χ1v) is 5.64. The van der Waals surface area contributed by atoms with E-state index in [9.17, 15) is 4.79 Å². The molecular formula is C12H22O2. The second-order valence-electron chi connectivity index (χ2n) is 3.42. The lowest BCUT2D eigenvalue weighted by Crippen LogP contribution is -2.01. The molecule has 82 valence electrons. The molecule has 0 aliphatic rings. The summed E-state index contributed by atoms with van der Waals surface area (Å²) in [7, 11) is 0. The van der Waals surface area contributed by atoms with E-state index in [0.29, 0.717) is 6.61 Å². The molecule has 0 bridgehead atoms. The third-order valence-electron chi connectivity index (χ3n) is 1.97. The number of rotatable bonds is 8. The highest BCUT2D eigenvalue weighted by Gasteiger charge is 1.94. The standard InChI is InChI=1S/C12H22O2/c1-3-5-7-8-10-12(13)14-11-9-6-4-2/h8,10H,3-7,9,11H2,1-2H3/b10-8+. The molecular weight excluding hydrogens is 176 g/mol. The van der Waals surface area contributed by atoms with Gasteiger partial charge in [0.2, 0.25) is 0 Å². The van der Waals surface area contributed by atoms with E-state index in [1.807, 2.05) is 6.08 Å². The Bertz CT molecular complexity index is 162. The smallest absolute Gasteiger partial charge is 0.330 e. The largest absolute Gasteiger partial charge is 0.463 e. The summed E-state index contributed by atoms with van der Waals surface area (Å²) in [5, 5.41) is 0. The summed E-state index contributed by atoms with van der Waals surface area (Å²) in [4.78, 5) is 11.1. The Labute approximate surface area is 87.3 Å².